The quantitative estimate of drug-likeness (QED) is 0.688. The van der Waals surface area contributed by atoms with Gasteiger partial charge in [-0.2, -0.15) is 0 Å². The molecule has 0 aromatic carbocycles. The average molecular weight is 196 g/mol. The highest BCUT2D eigenvalue weighted by molar-refractivity contribution is 5.93. The molecule has 0 aliphatic carbocycles. The molecular formula is C11H16O3. The van der Waals surface area contributed by atoms with Crippen molar-refractivity contribution in [1.29, 1.82) is 0 Å². The molecule has 2 aliphatic heterocycles. The van der Waals surface area contributed by atoms with E-state index in [0.717, 1.165) is 32.3 Å². The Morgan fingerprint density at radius 2 is 2.43 bits per heavy atom. The lowest BCUT2D eigenvalue weighted by atomic mass is 10.1. The van der Waals surface area contributed by atoms with Gasteiger partial charge in [0.05, 0.1) is 12.7 Å². The van der Waals surface area contributed by atoms with Gasteiger partial charge in [0, 0.05) is 19.4 Å². The van der Waals surface area contributed by atoms with Crippen LogP contribution in [-0.4, -0.2) is 25.1 Å². The van der Waals surface area contributed by atoms with Crippen molar-refractivity contribution >= 4 is 5.78 Å². The lowest BCUT2D eigenvalue weighted by molar-refractivity contribution is -0.119. The standard InChI is InChI=1S/C11H16O3/c12-10(11-4-2-8-14-11)6-5-9-3-1-7-13-9/h4,9H,1-3,5-8H2. The maximum absolute atomic E-state index is 11.6. The molecule has 1 atom stereocenters. The fourth-order valence-electron chi connectivity index (χ4n) is 1.90. The third-order valence-corrected chi connectivity index (χ3v) is 2.70. The molecule has 0 bridgehead atoms. The molecule has 0 radical (unpaired) electrons. The fourth-order valence-corrected chi connectivity index (χ4v) is 1.90. The zero-order valence-corrected chi connectivity index (χ0v) is 8.33. The van der Waals surface area contributed by atoms with E-state index < -0.39 is 0 Å². The highest BCUT2D eigenvalue weighted by Gasteiger charge is 2.19. The smallest absolute Gasteiger partial charge is 0.197 e. The summed E-state index contributed by atoms with van der Waals surface area (Å²) in [7, 11) is 0. The van der Waals surface area contributed by atoms with Gasteiger partial charge >= 0.3 is 0 Å². The fraction of sp³-hybridized carbons (Fsp3) is 0.727. The molecule has 0 spiro atoms. The van der Waals surface area contributed by atoms with Crippen LogP contribution >= 0.6 is 0 Å². The molecule has 78 valence electrons. The molecular weight excluding hydrogens is 180 g/mol. The van der Waals surface area contributed by atoms with Crippen molar-refractivity contribution in [3.05, 3.63) is 11.8 Å². The Balaban J connectivity index is 1.71. The number of Topliss-reactive ketones (excluding diaryl/α,β-unsaturated/α-hetero) is 1. The number of carbonyl (C=O) groups excluding carboxylic acids is 1. The predicted octanol–water partition coefficient (Wildman–Crippen LogP) is 1.82. The summed E-state index contributed by atoms with van der Waals surface area (Å²) in [5, 5.41) is 0. The second-order valence-electron chi connectivity index (χ2n) is 3.80. The first-order valence-corrected chi connectivity index (χ1v) is 5.34. The molecule has 3 heteroatoms. The van der Waals surface area contributed by atoms with Gasteiger partial charge in [-0.05, 0) is 25.3 Å². The lowest BCUT2D eigenvalue weighted by Crippen LogP contribution is -2.10. The zero-order valence-electron chi connectivity index (χ0n) is 8.33. The highest BCUT2D eigenvalue weighted by atomic mass is 16.5. The van der Waals surface area contributed by atoms with E-state index in [1.54, 1.807) is 0 Å². The van der Waals surface area contributed by atoms with Gasteiger partial charge in [-0.3, -0.25) is 4.79 Å². The maximum Gasteiger partial charge on any atom is 0.197 e. The minimum absolute atomic E-state index is 0.137. The Kier molecular flexibility index (Phi) is 3.19. The van der Waals surface area contributed by atoms with Gasteiger partial charge in [0.25, 0.3) is 0 Å². The molecule has 1 fully saturated rings. The molecule has 14 heavy (non-hydrogen) atoms. The molecule has 0 aromatic heterocycles. The second kappa shape index (κ2) is 4.60. The van der Waals surface area contributed by atoms with Crippen LogP contribution in [0.5, 0.6) is 0 Å². The van der Waals surface area contributed by atoms with Crippen LogP contribution < -0.4 is 0 Å². The minimum Gasteiger partial charge on any atom is -0.490 e. The number of ketones is 1. The maximum atomic E-state index is 11.6. The summed E-state index contributed by atoms with van der Waals surface area (Å²) < 4.78 is 10.7. The first-order chi connectivity index (χ1) is 6.86. The lowest BCUT2D eigenvalue weighted by Gasteiger charge is -2.08. The van der Waals surface area contributed by atoms with Gasteiger partial charge in [-0.25, -0.2) is 0 Å². The predicted molar refractivity (Wildman–Crippen MR) is 51.9 cm³/mol. The van der Waals surface area contributed by atoms with Crippen LogP contribution in [-0.2, 0) is 14.3 Å². The van der Waals surface area contributed by atoms with Crippen LogP contribution in [0.1, 0.15) is 32.1 Å². The van der Waals surface area contributed by atoms with Crippen molar-refractivity contribution in [2.24, 2.45) is 0 Å². The first-order valence-electron chi connectivity index (χ1n) is 5.34. The first kappa shape index (κ1) is 9.71. The summed E-state index contributed by atoms with van der Waals surface area (Å²) in [5.41, 5.74) is 0. The molecule has 0 amide bonds. The Labute approximate surface area is 84.1 Å². The number of allylic oxidation sites excluding steroid dienone is 1. The minimum atomic E-state index is 0.137. The van der Waals surface area contributed by atoms with E-state index in [4.69, 9.17) is 9.47 Å². The third-order valence-electron chi connectivity index (χ3n) is 2.70. The molecule has 2 aliphatic rings. The number of hydrogen-bond donors (Lipinski definition) is 0. The van der Waals surface area contributed by atoms with Crippen LogP contribution in [0.15, 0.2) is 11.8 Å². The van der Waals surface area contributed by atoms with E-state index in [0.29, 0.717) is 24.9 Å². The van der Waals surface area contributed by atoms with Gasteiger partial charge < -0.3 is 9.47 Å². The summed E-state index contributed by atoms with van der Waals surface area (Å²) in [5.74, 6) is 0.709. The zero-order chi connectivity index (χ0) is 9.80. The van der Waals surface area contributed by atoms with Gasteiger partial charge in [-0.1, -0.05) is 0 Å². The molecule has 2 heterocycles. The van der Waals surface area contributed by atoms with E-state index in [1.165, 1.54) is 0 Å². The van der Waals surface area contributed by atoms with Gasteiger partial charge in [-0.15, -0.1) is 0 Å². The van der Waals surface area contributed by atoms with Crippen LogP contribution in [0.2, 0.25) is 0 Å². The number of carbonyl (C=O) groups is 1. The topological polar surface area (TPSA) is 35.5 Å². The van der Waals surface area contributed by atoms with Crippen LogP contribution in [0, 0.1) is 0 Å². The average Bonchev–Trinajstić information content (AvgIpc) is 2.87. The number of rotatable bonds is 4. The SMILES string of the molecule is O=C(CCC1CCCO1)C1=CCCO1. The highest BCUT2D eigenvalue weighted by Crippen LogP contribution is 2.19. The van der Waals surface area contributed by atoms with Crippen LogP contribution in [0.3, 0.4) is 0 Å². The molecule has 1 unspecified atom stereocenters. The largest absolute Gasteiger partial charge is 0.490 e. The van der Waals surface area contributed by atoms with E-state index in [2.05, 4.69) is 0 Å². The normalized spacial score (nSPS) is 26.0. The monoisotopic (exact) mass is 196 g/mol. The summed E-state index contributed by atoms with van der Waals surface area (Å²) >= 11 is 0. The molecule has 0 N–H and O–H groups in total. The Morgan fingerprint density at radius 3 is 3.07 bits per heavy atom. The summed E-state index contributed by atoms with van der Waals surface area (Å²) in [4.78, 5) is 11.6. The number of hydrogen-bond acceptors (Lipinski definition) is 3. The molecule has 3 nitrogen and oxygen atoms in total. The van der Waals surface area contributed by atoms with E-state index in [9.17, 15) is 4.79 Å². The summed E-state index contributed by atoms with van der Waals surface area (Å²) in [6, 6.07) is 0. The Hall–Kier alpha value is -0.830. The van der Waals surface area contributed by atoms with Gasteiger partial charge in [0.2, 0.25) is 0 Å². The van der Waals surface area contributed by atoms with E-state index in [-0.39, 0.29) is 5.78 Å². The van der Waals surface area contributed by atoms with Crippen LogP contribution in [0.25, 0.3) is 0 Å². The van der Waals surface area contributed by atoms with Crippen molar-refractivity contribution in [2.75, 3.05) is 13.2 Å². The third kappa shape index (κ3) is 2.35. The molecule has 0 saturated carbocycles. The number of ether oxygens (including phenoxy) is 2. The summed E-state index contributed by atoms with van der Waals surface area (Å²) in [6.45, 7) is 1.53. The van der Waals surface area contributed by atoms with Crippen molar-refractivity contribution in [3.63, 3.8) is 0 Å². The molecule has 2 rings (SSSR count). The van der Waals surface area contributed by atoms with Crippen molar-refractivity contribution in [3.8, 4) is 0 Å². The molecule has 0 aromatic rings. The van der Waals surface area contributed by atoms with E-state index in [1.807, 2.05) is 6.08 Å². The Morgan fingerprint density at radius 1 is 1.50 bits per heavy atom. The van der Waals surface area contributed by atoms with Crippen molar-refractivity contribution in [2.45, 2.75) is 38.2 Å². The van der Waals surface area contributed by atoms with Gasteiger partial charge in [0.15, 0.2) is 11.5 Å². The second-order valence-corrected chi connectivity index (χ2v) is 3.80. The Bertz CT molecular complexity index is 239. The van der Waals surface area contributed by atoms with Crippen molar-refractivity contribution < 1.29 is 14.3 Å². The van der Waals surface area contributed by atoms with Crippen LogP contribution in [0.4, 0.5) is 0 Å². The van der Waals surface area contributed by atoms with Gasteiger partial charge in [0.1, 0.15) is 0 Å². The van der Waals surface area contributed by atoms with Crippen molar-refractivity contribution in [1.82, 2.24) is 0 Å². The summed E-state index contributed by atoms with van der Waals surface area (Å²) in [6.07, 6.45) is 6.72. The molecule has 1 saturated heterocycles. The van der Waals surface area contributed by atoms with E-state index >= 15 is 0 Å².